The number of rotatable bonds is 6. The molecule has 1 aliphatic carbocycles. The molecule has 0 saturated heterocycles. The molecule has 0 heterocycles. The molecular formula is C32H24Cl2OTi. The average molecular weight is 543 g/mol. The summed E-state index contributed by atoms with van der Waals surface area (Å²) in [6, 6.07) is 45.5. The monoisotopic (exact) mass is 542 g/mol. The van der Waals surface area contributed by atoms with Gasteiger partial charge in [0, 0.05) is 0 Å². The van der Waals surface area contributed by atoms with Crippen LogP contribution in [-0.4, -0.2) is 0 Å². The van der Waals surface area contributed by atoms with Crippen LogP contribution >= 0.6 is 0 Å². The van der Waals surface area contributed by atoms with E-state index >= 15 is 0 Å². The molecular weight excluding hydrogens is 519 g/mol. The number of hydrogen-bond acceptors (Lipinski definition) is 1. The van der Waals surface area contributed by atoms with Crippen LogP contribution in [0.3, 0.4) is 0 Å². The van der Waals surface area contributed by atoms with Gasteiger partial charge in [-0.1, -0.05) is 0 Å². The Morgan fingerprint density at radius 1 is 0.500 bits per heavy atom. The summed E-state index contributed by atoms with van der Waals surface area (Å²) in [7, 11) is 0. The van der Waals surface area contributed by atoms with E-state index in [2.05, 4.69) is 127 Å². The predicted molar refractivity (Wildman–Crippen MR) is 136 cm³/mol. The molecule has 0 aromatic heterocycles. The van der Waals surface area contributed by atoms with Crippen LogP contribution in [0.4, 0.5) is 0 Å². The van der Waals surface area contributed by atoms with Crippen molar-refractivity contribution in [2.75, 3.05) is 0 Å². The van der Waals surface area contributed by atoms with Crippen molar-refractivity contribution in [1.29, 1.82) is 0 Å². The fraction of sp³-hybridized carbons (Fsp3) is 0.0625. The van der Waals surface area contributed by atoms with Gasteiger partial charge in [0.1, 0.15) is 0 Å². The molecule has 36 heavy (non-hydrogen) atoms. The Labute approximate surface area is 234 Å². The van der Waals surface area contributed by atoms with Crippen molar-refractivity contribution in [1.82, 2.24) is 0 Å². The Hall–Kier alpha value is -2.65. The molecule has 5 aromatic rings. The quantitative estimate of drug-likeness (QED) is 0.289. The zero-order valence-corrected chi connectivity index (χ0v) is 22.6. The van der Waals surface area contributed by atoms with Gasteiger partial charge < -0.3 is 24.8 Å². The van der Waals surface area contributed by atoms with Crippen LogP contribution in [0.1, 0.15) is 28.4 Å². The first-order valence-corrected chi connectivity index (χ1v) is 13.1. The van der Waals surface area contributed by atoms with E-state index in [0.717, 1.165) is 6.42 Å². The summed E-state index contributed by atoms with van der Waals surface area (Å²) < 4.78 is 8.11. The van der Waals surface area contributed by atoms with E-state index in [9.17, 15) is 0 Å². The van der Waals surface area contributed by atoms with Crippen LogP contribution in [0, 0.1) is 0 Å². The van der Waals surface area contributed by atoms with E-state index in [0.29, 0.717) is 0 Å². The molecule has 5 aromatic carbocycles. The molecule has 0 fully saturated rings. The van der Waals surface area contributed by atoms with Crippen molar-refractivity contribution in [3.63, 3.8) is 0 Å². The topological polar surface area (TPSA) is 9.23 Å². The summed E-state index contributed by atoms with van der Waals surface area (Å²) in [5, 5.41) is 0. The van der Waals surface area contributed by atoms with E-state index < -0.39 is 19.5 Å². The Balaban J connectivity index is 0.00000152. The minimum absolute atomic E-state index is 0. The van der Waals surface area contributed by atoms with Crippen molar-refractivity contribution in [3.05, 3.63) is 150 Å². The van der Waals surface area contributed by atoms with Crippen LogP contribution in [-0.2, 0) is 29.3 Å². The van der Waals surface area contributed by atoms with Gasteiger partial charge in [-0.2, -0.15) is 0 Å². The van der Waals surface area contributed by atoms with Gasteiger partial charge in [0.2, 0.25) is 0 Å². The first-order chi connectivity index (χ1) is 16.9. The molecule has 4 heteroatoms. The SMILES string of the molecule is [Cl-].[Cl-].c1ccc(C([O][Ti+2][c]2ccccc2-c2cccc3c2Cc2ccccc2-3)c2ccccc2)cc1. The van der Waals surface area contributed by atoms with E-state index in [4.69, 9.17) is 3.32 Å². The summed E-state index contributed by atoms with van der Waals surface area (Å²) in [6.45, 7) is 0. The molecule has 0 amide bonds. The van der Waals surface area contributed by atoms with Crippen LogP contribution < -0.4 is 28.7 Å². The Kier molecular flexibility index (Phi) is 8.85. The van der Waals surface area contributed by atoms with Gasteiger partial charge in [-0.15, -0.1) is 0 Å². The van der Waals surface area contributed by atoms with Gasteiger partial charge in [0.15, 0.2) is 0 Å². The molecule has 176 valence electrons. The van der Waals surface area contributed by atoms with E-state index in [1.807, 2.05) is 0 Å². The van der Waals surface area contributed by atoms with Crippen LogP contribution in [0.5, 0.6) is 0 Å². The molecule has 0 radical (unpaired) electrons. The van der Waals surface area contributed by atoms with Gasteiger partial charge in [0.05, 0.1) is 0 Å². The number of halogens is 2. The maximum absolute atomic E-state index is 6.77. The molecule has 0 unspecified atom stereocenters. The summed E-state index contributed by atoms with van der Waals surface area (Å²) in [5.41, 5.74) is 10.7. The molecule has 0 atom stereocenters. The third kappa shape index (κ3) is 5.23. The number of benzene rings is 5. The van der Waals surface area contributed by atoms with Gasteiger partial charge in [0.25, 0.3) is 0 Å². The normalized spacial score (nSPS) is 11.0. The molecule has 0 bridgehead atoms. The van der Waals surface area contributed by atoms with Gasteiger partial charge in [-0.05, 0) is 0 Å². The standard InChI is InChI=1S/C19H13.C13H11O.2ClH.Ti/c1-2-7-14(8-3-1)16-11-6-12-18-17-10-5-4-9-15(17)13-19(16)18;14-13(11-7-3-1-4-8-11)12-9-5-2-6-10-12;;;/h1-7,9-12H,13H2;1-10,13H;2*1H;/q;-1;;;+3/p-2. The fourth-order valence-corrected chi connectivity index (χ4v) is 6.50. The first kappa shape index (κ1) is 26.4. The first-order valence-electron chi connectivity index (χ1n) is 11.7. The van der Waals surface area contributed by atoms with Crippen molar-refractivity contribution in [3.8, 4) is 22.3 Å². The van der Waals surface area contributed by atoms with Crippen LogP contribution in [0.15, 0.2) is 127 Å². The van der Waals surface area contributed by atoms with E-state index in [1.54, 1.807) is 0 Å². The minimum atomic E-state index is -0.846. The summed E-state index contributed by atoms with van der Waals surface area (Å²) in [6.07, 6.45) is 0.939. The third-order valence-corrected chi connectivity index (χ3v) is 8.14. The zero-order chi connectivity index (χ0) is 22.7. The summed E-state index contributed by atoms with van der Waals surface area (Å²) in [4.78, 5) is 0. The van der Waals surface area contributed by atoms with Crippen LogP contribution in [0.2, 0.25) is 0 Å². The third-order valence-electron chi connectivity index (χ3n) is 6.56. The Bertz CT molecular complexity index is 1400. The number of fused-ring (bicyclic) bond motifs is 3. The molecule has 0 saturated carbocycles. The van der Waals surface area contributed by atoms with Crippen molar-refractivity contribution in [2.45, 2.75) is 12.5 Å². The molecule has 1 aliphatic rings. The summed E-state index contributed by atoms with van der Waals surface area (Å²) >= 11 is -0.846. The average Bonchev–Trinajstić information content (AvgIpc) is 3.29. The zero-order valence-electron chi connectivity index (χ0n) is 19.6. The second-order valence-corrected chi connectivity index (χ2v) is 10.2. The van der Waals surface area contributed by atoms with Gasteiger partial charge in [-0.3, -0.25) is 0 Å². The van der Waals surface area contributed by atoms with Crippen LogP contribution in [0.25, 0.3) is 22.3 Å². The van der Waals surface area contributed by atoms with Gasteiger partial charge >= 0.3 is 211 Å². The molecule has 0 N–H and O–H groups in total. The Morgan fingerprint density at radius 3 is 1.67 bits per heavy atom. The van der Waals surface area contributed by atoms with E-state index in [1.165, 1.54) is 48.4 Å². The fourth-order valence-electron chi connectivity index (χ4n) is 4.92. The molecule has 1 nitrogen and oxygen atoms in total. The maximum atomic E-state index is 6.77. The van der Waals surface area contributed by atoms with Crippen molar-refractivity contribution in [2.24, 2.45) is 0 Å². The second kappa shape index (κ2) is 12.1. The van der Waals surface area contributed by atoms with Crippen molar-refractivity contribution >= 4 is 3.87 Å². The predicted octanol–water partition coefficient (Wildman–Crippen LogP) is 1.36. The number of hydrogen-bond donors (Lipinski definition) is 0. The van der Waals surface area contributed by atoms with E-state index in [-0.39, 0.29) is 30.9 Å². The molecule has 0 aliphatic heterocycles. The molecule has 6 rings (SSSR count). The van der Waals surface area contributed by atoms with Gasteiger partial charge in [-0.25, -0.2) is 0 Å². The van der Waals surface area contributed by atoms with Crippen molar-refractivity contribution < 1.29 is 47.7 Å². The molecule has 0 spiro atoms. The Morgan fingerprint density at radius 2 is 1.00 bits per heavy atom. The second-order valence-electron chi connectivity index (χ2n) is 8.63. The summed E-state index contributed by atoms with van der Waals surface area (Å²) in [5.74, 6) is 0.